The molecule has 1 atom stereocenters. The Morgan fingerprint density at radius 3 is 2.64 bits per heavy atom. The number of piperidine rings is 1. The number of nitrogens with zero attached hydrogens (tertiary/aromatic N) is 4. The van der Waals surface area contributed by atoms with Gasteiger partial charge in [0, 0.05) is 49.2 Å². The van der Waals surface area contributed by atoms with Crippen LogP contribution in [0.5, 0.6) is 0 Å². The molecular formula is C18H23N5OS. The Morgan fingerprint density at radius 2 is 1.88 bits per heavy atom. The van der Waals surface area contributed by atoms with Gasteiger partial charge in [0.2, 0.25) is 0 Å². The van der Waals surface area contributed by atoms with Crippen LogP contribution in [0.1, 0.15) is 36.0 Å². The molecule has 2 aromatic rings. The predicted octanol–water partition coefficient (Wildman–Crippen LogP) is 2.54. The van der Waals surface area contributed by atoms with Gasteiger partial charge < -0.3 is 15.1 Å². The summed E-state index contributed by atoms with van der Waals surface area (Å²) < 4.78 is 0. The first-order valence-electron chi connectivity index (χ1n) is 8.94. The highest BCUT2D eigenvalue weighted by Gasteiger charge is 2.24. The van der Waals surface area contributed by atoms with Crippen molar-refractivity contribution in [2.75, 3.05) is 36.0 Å². The molecule has 0 aliphatic carbocycles. The van der Waals surface area contributed by atoms with Gasteiger partial charge in [-0.2, -0.15) is 11.3 Å². The Hall–Kier alpha value is -2.15. The van der Waals surface area contributed by atoms with E-state index in [1.165, 1.54) is 12.8 Å². The molecule has 2 aliphatic heterocycles. The number of carbonyl (C=O) groups excluding carboxylic acids is 1. The van der Waals surface area contributed by atoms with Gasteiger partial charge >= 0.3 is 0 Å². The van der Waals surface area contributed by atoms with E-state index in [-0.39, 0.29) is 11.9 Å². The molecule has 4 rings (SSSR count). The molecule has 2 aromatic heterocycles. The van der Waals surface area contributed by atoms with Crippen LogP contribution < -0.4 is 15.1 Å². The Balaban J connectivity index is 1.42. The van der Waals surface area contributed by atoms with Crippen LogP contribution in [0.2, 0.25) is 0 Å². The van der Waals surface area contributed by atoms with Gasteiger partial charge in [0.05, 0.1) is 0 Å². The first-order chi connectivity index (χ1) is 12.3. The van der Waals surface area contributed by atoms with E-state index in [9.17, 15) is 4.79 Å². The fourth-order valence-electron chi connectivity index (χ4n) is 3.59. The van der Waals surface area contributed by atoms with Gasteiger partial charge in [-0.3, -0.25) is 4.79 Å². The lowest BCUT2D eigenvalue weighted by Crippen LogP contribution is -2.48. The summed E-state index contributed by atoms with van der Waals surface area (Å²) in [5.41, 5.74) is 0.750. The minimum Gasteiger partial charge on any atom is -0.356 e. The van der Waals surface area contributed by atoms with E-state index in [1.54, 1.807) is 17.7 Å². The number of amides is 1. The molecule has 0 bridgehead atoms. The van der Waals surface area contributed by atoms with Crippen LogP contribution in [-0.2, 0) is 0 Å². The fourth-order valence-corrected chi connectivity index (χ4v) is 4.23. The zero-order valence-corrected chi connectivity index (χ0v) is 15.0. The summed E-state index contributed by atoms with van der Waals surface area (Å²) in [5.74, 6) is 2.01. The van der Waals surface area contributed by atoms with Crippen molar-refractivity contribution in [2.45, 2.75) is 31.7 Å². The number of aromatic nitrogens is 2. The van der Waals surface area contributed by atoms with E-state index < -0.39 is 0 Å². The van der Waals surface area contributed by atoms with Crippen LogP contribution >= 0.6 is 11.3 Å². The smallest absolute Gasteiger partial charge is 0.252 e. The minimum absolute atomic E-state index is 0.0218. The third kappa shape index (κ3) is 3.76. The Morgan fingerprint density at radius 1 is 1.12 bits per heavy atom. The number of rotatable bonds is 4. The van der Waals surface area contributed by atoms with Gasteiger partial charge in [-0.1, -0.05) is 0 Å². The highest BCUT2D eigenvalue weighted by molar-refractivity contribution is 7.08. The molecule has 7 heteroatoms. The topological polar surface area (TPSA) is 61.4 Å². The molecule has 0 unspecified atom stereocenters. The Bertz CT molecular complexity index is 714. The van der Waals surface area contributed by atoms with Gasteiger partial charge in [-0.25, -0.2) is 9.97 Å². The lowest BCUT2D eigenvalue weighted by atomic mass is 10.1. The molecule has 0 aromatic carbocycles. The molecule has 25 heavy (non-hydrogen) atoms. The van der Waals surface area contributed by atoms with Gasteiger partial charge in [0.25, 0.3) is 5.91 Å². The molecule has 0 spiro atoms. The Labute approximate surface area is 151 Å². The summed E-state index contributed by atoms with van der Waals surface area (Å²) in [6, 6.07) is 4.12. The van der Waals surface area contributed by atoms with E-state index in [4.69, 9.17) is 0 Å². The highest BCUT2D eigenvalue weighted by atomic mass is 32.1. The molecule has 0 radical (unpaired) electrons. The maximum absolute atomic E-state index is 12.3. The SMILES string of the molecule is O=C(N[C@H]1CCCN(c2cc(N3CCCC3)ncn2)C1)c1ccsc1. The van der Waals surface area contributed by atoms with Crippen LogP contribution in [0.3, 0.4) is 0 Å². The standard InChI is InChI=1S/C18H23N5OS/c24-18(14-5-9-25-12-14)21-15-4-3-8-23(11-15)17-10-16(19-13-20-17)22-6-1-2-7-22/h5,9-10,12-13,15H,1-4,6-8,11H2,(H,21,24)/t15-/m0/s1. The zero-order valence-electron chi connectivity index (χ0n) is 14.2. The molecule has 4 heterocycles. The molecule has 132 valence electrons. The normalized spacial score (nSPS) is 20.7. The van der Waals surface area contributed by atoms with Crippen molar-refractivity contribution in [3.63, 3.8) is 0 Å². The van der Waals surface area contributed by atoms with Crippen molar-refractivity contribution in [3.05, 3.63) is 34.8 Å². The third-order valence-electron chi connectivity index (χ3n) is 4.93. The van der Waals surface area contributed by atoms with E-state index in [1.807, 2.05) is 16.8 Å². The third-order valence-corrected chi connectivity index (χ3v) is 5.62. The highest BCUT2D eigenvalue weighted by Crippen LogP contribution is 2.23. The Kier molecular flexibility index (Phi) is 4.83. The number of nitrogens with one attached hydrogen (secondary N) is 1. The summed E-state index contributed by atoms with van der Waals surface area (Å²) in [6.45, 7) is 3.93. The number of anilines is 2. The van der Waals surface area contributed by atoms with Crippen molar-refractivity contribution in [2.24, 2.45) is 0 Å². The molecule has 2 aliphatic rings. The number of thiophene rings is 1. The monoisotopic (exact) mass is 357 g/mol. The summed E-state index contributed by atoms with van der Waals surface area (Å²) in [4.78, 5) is 25.8. The number of carbonyl (C=O) groups is 1. The number of hydrogen-bond donors (Lipinski definition) is 1. The second kappa shape index (κ2) is 7.39. The first kappa shape index (κ1) is 16.3. The predicted molar refractivity (Wildman–Crippen MR) is 100 cm³/mol. The lowest BCUT2D eigenvalue weighted by molar-refractivity contribution is 0.0933. The summed E-state index contributed by atoms with van der Waals surface area (Å²) >= 11 is 1.55. The summed E-state index contributed by atoms with van der Waals surface area (Å²) in [5, 5.41) is 6.99. The second-order valence-corrected chi connectivity index (χ2v) is 7.48. The van der Waals surface area contributed by atoms with Gasteiger partial charge in [-0.05, 0) is 37.1 Å². The van der Waals surface area contributed by atoms with Gasteiger partial charge in [0.15, 0.2) is 0 Å². The van der Waals surface area contributed by atoms with Crippen LogP contribution in [0.25, 0.3) is 0 Å². The van der Waals surface area contributed by atoms with Crippen LogP contribution in [-0.4, -0.2) is 48.1 Å². The molecule has 6 nitrogen and oxygen atoms in total. The van der Waals surface area contributed by atoms with Crippen molar-refractivity contribution >= 4 is 28.9 Å². The van der Waals surface area contributed by atoms with Crippen molar-refractivity contribution < 1.29 is 4.79 Å². The van der Waals surface area contributed by atoms with Crippen molar-refractivity contribution in [1.82, 2.24) is 15.3 Å². The molecule has 2 saturated heterocycles. The quantitative estimate of drug-likeness (QED) is 0.911. The van der Waals surface area contributed by atoms with Crippen LogP contribution in [0, 0.1) is 0 Å². The maximum atomic E-state index is 12.3. The molecular weight excluding hydrogens is 334 g/mol. The number of hydrogen-bond acceptors (Lipinski definition) is 6. The van der Waals surface area contributed by atoms with Crippen LogP contribution in [0.4, 0.5) is 11.6 Å². The molecule has 1 amide bonds. The largest absolute Gasteiger partial charge is 0.356 e. The van der Waals surface area contributed by atoms with Gasteiger partial charge in [0.1, 0.15) is 18.0 Å². The second-order valence-electron chi connectivity index (χ2n) is 6.70. The van der Waals surface area contributed by atoms with E-state index >= 15 is 0 Å². The first-order valence-corrected chi connectivity index (χ1v) is 9.89. The molecule has 0 saturated carbocycles. The van der Waals surface area contributed by atoms with E-state index in [0.717, 1.165) is 56.2 Å². The molecule has 1 N–H and O–H groups in total. The van der Waals surface area contributed by atoms with E-state index in [0.29, 0.717) is 0 Å². The minimum atomic E-state index is 0.0218. The maximum Gasteiger partial charge on any atom is 0.252 e. The fraction of sp³-hybridized carbons (Fsp3) is 0.500. The molecule has 2 fully saturated rings. The van der Waals surface area contributed by atoms with Crippen LogP contribution in [0.15, 0.2) is 29.2 Å². The van der Waals surface area contributed by atoms with Crippen molar-refractivity contribution in [1.29, 1.82) is 0 Å². The lowest BCUT2D eigenvalue weighted by Gasteiger charge is -2.34. The van der Waals surface area contributed by atoms with Crippen molar-refractivity contribution in [3.8, 4) is 0 Å². The zero-order chi connectivity index (χ0) is 17.1. The average molecular weight is 357 g/mol. The van der Waals surface area contributed by atoms with E-state index in [2.05, 4.69) is 31.2 Å². The summed E-state index contributed by atoms with van der Waals surface area (Å²) in [7, 11) is 0. The van der Waals surface area contributed by atoms with Gasteiger partial charge in [-0.15, -0.1) is 0 Å². The average Bonchev–Trinajstić information content (AvgIpc) is 3.36. The summed E-state index contributed by atoms with van der Waals surface area (Å²) in [6.07, 6.45) is 6.20.